The second-order valence-corrected chi connectivity index (χ2v) is 8.11. The number of carbonyl (C=O) groups excluding carboxylic acids is 2. The highest BCUT2D eigenvalue weighted by Gasteiger charge is 2.16. The number of aryl methyl sites for hydroxylation is 1. The molecule has 1 heterocycles. The summed E-state index contributed by atoms with van der Waals surface area (Å²) in [6.45, 7) is 0.295. The van der Waals surface area contributed by atoms with Crippen LogP contribution in [0.2, 0.25) is 0 Å². The summed E-state index contributed by atoms with van der Waals surface area (Å²) in [6.07, 6.45) is 1.27. The summed E-state index contributed by atoms with van der Waals surface area (Å²) >= 11 is 0. The maximum Gasteiger partial charge on any atom is 0.239 e. The normalized spacial score (nSPS) is 10.6. The van der Waals surface area contributed by atoms with Gasteiger partial charge < -0.3 is 16.4 Å². The summed E-state index contributed by atoms with van der Waals surface area (Å²) in [4.78, 5) is 24.5. The molecule has 0 aliphatic rings. The molecule has 0 saturated carbocycles. The molecule has 2 amide bonds. The predicted molar refractivity (Wildman–Crippen MR) is 135 cm³/mol. The van der Waals surface area contributed by atoms with Gasteiger partial charge in [0.05, 0.1) is 24.3 Å². The van der Waals surface area contributed by atoms with E-state index < -0.39 is 0 Å². The van der Waals surface area contributed by atoms with Crippen LogP contribution in [0.15, 0.2) is 72.8 Å². The SMILES string of the molecule is N#Cc1c(CCCNC(=O)CNC(=O)Cc2cccc3ccccc23)nn(-c2ccccc2)c1N. The molecule has 0 aliphatic carbocycles. The number of aromatic nitrogens is 2. The molecule has 8 nitrogen and oxygen atoms in total. The topological polar surface area (TPSA) is 126 Å². The fourth-order valence-electron chi connectivity index (χ4n) is 3.95. The van der Waals surface area contributed by atoms with Crippen LogP contribution in [0, 0.1) is 11.3 Å². The molecule has 3 aromatic carbocycles. The average Bonchev–Trinajstić information content (AvgIpc) is 3.21. The Morgan fingerprint density at radius 3 is 2.49 bits per heavy atom. The number of nitrogens with two attached hydrogens (primary N) is 1. The predicted octanol–water partition coefficient (Wildman–Crippen LogP) is 2.89. The van der Waals surface area contributed by atoms with Crippen molar-refractivity contribution < 1.29 is 9.59 Å². The number of anilines is 1. The first-order valence-electron chi connectivity index (χ1n) is 11.4. The quantitative estimate of drug-likeness (QED) is 0.327. The number of nitrogens with one attached hydrogen (secondary N) is 2. The lowest BCUT2D eigenvalue weighted by atomic mass is 10.0. The Balaban J connectivity index is 1.24. The van der Waals surface area contributed by atoms with Gasteiger partial charge >= 0.3 is 0 Å². The third-order valence-electron chi connectivity index (χ3n) is 5.70. The highest BCUT2D eigenvalue weighted by molar-refractivity contribution is 5.91. The van der Waals surface area contributed by atoms with Crippen molar-refractivity contribution in [2.24, 2.45) is 0 Å². The summed E-state index contributed by atoms with van der Waals surface area (Å²) in [5.74, 6) is -0.185. The van der Waals surface area contributed by atoms with Crippen molar-refractivity contribution in [3.8, 4) is 11.8 Å². The van der Waals surface area contributed by atoms with Gasteiger partial charge in [0.2, 0.25) is 11.8 Å². The zero-order valence-electron chi connectivity index (χ0n) is 19.2. The smallest absolute Gasteiger partial charge is 0.239 e. The molecule has 4 N–H and O–H groups in total. The molecule has 0 spiro atoms. The molecule has 0 unspecified atom stereocenters. The summed E-state index contributed by atoms with van der Waals surface area (Å²) in [5.41, 5.74) is 8.76. The number of fused-ring (bicyclic) bond motifs is 1. The molecule has 35 heavy (non-hydrogen) atoms. The van der Waals surface area contributed by atoms with Gasteiger partial charge in [0, 0.05) is 6.54 Å². The number of nitrogen functional groups attached to an aromatic ring is 1. The molecular weight excluding hydrogens is 440 g/mol. The number of nitrogens with zero attached hydrogens (tertiary/aromatic N) is 3. The monoisotopic (exact) mass is 466 g/mol. The van der Waals surface area contributed by atoms with E-state index in [0.717, 1.165) is 22.0 Å². The van der Waals surface area contributed by atoms with Gasteiger partial charge in [-0.05, 0) is 41.3 Å². The van der Waals surface area contributed by atoms with Crippen LogP contribution in [0.3, 0.4) is 0 Å². The second-order valence-electron chi connectivity index (χ2n) is 8.11. The van der Waals surface area contributed by atoms with Crippen LogP contribution in [-0.2, 0) is 22.4 Å². The maximum atomic E-state index is 12.4. The van der Waals surface area contributed by atoms with Crippen LogP contribution >= 0.6 is 0 Å². The number of benzene rings is 3. The van der Waals surface area contributed by atoms with Gasteiger partial charge in [-0.1, -0.05) is 60.7 Å². The average molecular weight is 467 g/mol. The van der Waals surface area contributed by atoms with E-state index in [2.05, 4.69) is 21.8 Å². The Morgan fingerprint density at radius 2 is 1.69 bits per heavy atom. The van der Waals surface area contributed by atoms with Gasteiger partial charge in [0.1, 0.15) is 17.5 Å². The lowest BCUT2D eigenvalue weighted by Crippen LogP contribution is -2.38. The Labute approximate surface area is 203 Å². The van der Waals surface area contributed by atoms with Gasteiger partial charge in [0.25, 0.3) is 0 Å². The Bertz CT molecular complexity index is 1380. The van der Waals surface area contributed by atoms with Crippen molar-refractivity contribution in [3.05, 3.63) is 89.6 Å². The minimum Gasteiger partial charge on any atom is -0.382 e. The van der Waals surface area contributed by atoms with Crippen molar-refractivity contribution in [1.82, 2.24) is 20.4 Å². The first-order valence-corrected chi connectivity index (χ1v) is 11.4. The van der Waals surface area contributed by atoms with Crippen LogP contribution in [0.5, 0.6) is 0 Å². The summed E-state index contributed by atoms with van der Waals surface area (Å²) in [6, 6.07) is 25.2. The molecule has 0 fully saturated rings. The van der Waals surface area contributed by atoms with Crippen molar-refractivity contribution in [1.29, 1.82) is 5.26 Å². The summed E-state index contributed by atoms with van der Waals surface area (Å²) in [7, 11) is 0. The molecule has 0 bridgehead atoms. The number of nitriles is 1. The van der Waals surface area contributed by atoms with Gasteiger partial charge in [-0.15, -0.1) is 0 Å². The molecular formula is C27H26N6O2. The van der Waals surface area contributed by atoms with E-state index in [4.69, 9.17) is 5.73 Å². The molecule has 1 aromatic heterocycles. The fourth-order valence-corrected chi connectivity index (χ4v) is 3.95. The molecule has 176 valence electrons. The lowest BCUT2D eigenvalue weighted by molar-refractivity contribution is -0.125. The van der Waals surface area contributed by atoms with Crippen LogP contribution in [-0.4, -0.2) is 34.7 Å². The first-order chi connectivity index (χ1) is 17.1. The largest absolute Gasteiger partial charge is 0.382 e. The number of amides is 2. The van der Waals surface area contributed by atoms with E-state index in [1.165, 1.54) is 0 Å². The standard InChI is InChI=1S/C27H26N6O2/c28-17-23-24(32-33(27(23)29)21-11-2-1-3-12-21)14-7-15-30-26(35)18-31-25(34)16-20-10-6-9-19-8-4-5-13-22(19)20/h1-6,8-13H,7,14-16,18,29H2,(H,30,35)(H,31,34). The maximum absolute atomic E-state index is 12.4. The van der Waals surface area contributed by atoms with Crippen molar-refractivity contribution in [3.63, 3.8) is 0 Å². The molecule has 0 atom stereocenters. The lowest BCUT2D eigenvalue weighted by Gasteiger charge is -2.08. The zero-order valence-corrected chi connectivity index (χ0v) is 19.2. The Hall–Kier alpha value is -4.64. The highest BCUT2D eigenvalue weighted by Crippen LogP contribution is 2.21. The van der Waals surface area contributed by atoms with E-state index in [1.54, 1.807) is 4.68 Å². The minimum atomic E-state index is -0.272. The zero-order chi connectivity index (χ0) is 24.6. The van der Waals surface area contributed by atoms with E-state index in [9.17, 15) is 14.9 Å². The van der Waals surface area contributed by atoms with Crippen LogP contribution in [0.25, 0.3) is 16.5 Å². The fraction of sp³-hybridized carbons (Fsp3) is 0.185. The van der Waals surface area contributed by atoms with E-state index in [-0.39, 0.29) is 24.8 Å². The second kappa shape index (κ2) is 11.0. The minimum absolute atomic E-state index is 0.0946. The first kappa shape index (κ1) is 23.5. The van der Waals surface area contributed by atoms with E-state index in [1.807, 2.05) is 72.8 Å². The molecule has 4 rings (SSSR count). The van der Waals surface area contributed by atoms with Crippen LogP contribution < -0.4 is 16.4 Å². The van der Waals surface area contributed by atoms with Gasteiger partial charge in [0.15, 0.2) is 0 Å². The Kier molecular flexibility index (Phi) is 7.38. The number of hydrogen-bond donors (Lipinski definition) is 3. The van der Waals surface area contributed by atoms with Crippen molar-refractivity contribution in [2.45, 2.75) is 19.3 Å². The van der Waals surface area contributed by atoms with Gasteiger partial charge in [-0.25, -0.2) is 4.68 Å². The third kappa shape index (κ3) is 5.65. The van der Waals surface area contributed by atoms with Gasteiger partial charge in [-0.2, -0.15) is 10.4 Å². The number of carbonyl (C=O) groups is 2. The van der Waals surface area contributed by atoms with E-state index in [0.29, 0.717) is 36.5 Å². The number of rotatable bonds is 9. The van der Waals surface area contributed by atoms with Crippen molar-refractivity contribution >= 4 is 28.4 Å². The van der Waals surface area contributed by atoms with Crippen LogP contribution in [0.1, 0.15) is 23.2 Å². The molecule has 0 radical (unpaired) electrons. The summed E-state index contributed by atoms with van der Waals surface area (Å²) in [5, 5.41) is 21.6. The Morgan fingerprint density at radius 1 is 0.943 bits per heavy atom. The molecule has 0 aliphatic heterocycles. The van der Waals surface area contributed by atoms with Crippen molar-refractivity contribution in [2.75, 3.05) is 18.8 Å². The molecule has 0 saturated heterocycles. The van der Waals surface area contributed by atoms with E-state index >= 15 is 0 Å². The molecule has 8 heteroatoms. The third-order valence-corrected chi connectivity index (χ3v) is 5.70. The van der Waals surface area contributed by atoms with Crippen LogP contribution in [0.4, 0.5) is 5.82 Å². The van der Waals surface area contributed by atoms with Gasteiger partial charge in [-0.3, -0.25) is 9.59 Å². The number of hydrogen-bond acceptors (Lipinski definition) is 5. The number of para-hydroxylation sites is 1. The summed E-state index contributed by atoms with van der Waals surface area (Å²) < 4.78 is 1.55. The highest BCUT2D eigenvalue weighted by atomic mass is 16.2. The molecule has 4 aromatic rings.